The first kappa shape index (κ1) is 15.0. The van der Waals surface area contributed by atoms with Gasteiger partial charge in [-0.25, -0.2) is 0 Å². The van der Waals surface area contributed by atoms with Gasteiger partial charge >= 0.3 is 0 Å². The molecule has 0 saturated heterocycles. The number of rotatable bonds is 5. The summed E-state index contributed by atoms with van der Waals surface area (Å²) in [4.78, 5) is 11.1. The minimum atomic E-state index is -0.524. The molecular weight excluding hydrogens is 292 g/mol. The Morgan fingerprint density at radius 2 is 1.95 bits per heavy atom. The number of carbonyl (C=O) groups is 1. The van der Waals surface area contributed by atoms with Gasteiger partial charge in [0.1, 0.15) is 6.61 Å². The zero-order valence-corrected chi connectivity index (χ0v) is 12.2. The Kier molecular flexibility index (Phi) is 4.55. The molecule has 0 atom stereocenters. The summed E-state index contributed by atoms with van der Waals surface area (Å²) < 4.78 is 10.9. The van der Waals surface area contributed by atoms with E-state index >= 15 is 0 Å². The first-order valence-corrected chi connectivity index (χ1v) is 6.53. The van der Waals surface area contributed by atoms with E-state index in [1.54, 1.807) is 30.3 Å². The highest BCUT2D eigenvalue weighted by molar-refractivity contribution is 6.31. The molecule has 0 bridgehead atoms. The van der Waals surface area contributed by atoms with Crippen LogP contribution in [0.1, 0.15) is 15.9 Å². The second kappa shape index (κ2) is 6.37. The molecule has 6 heteroatoms. The van der Waals surface area contributed by atoms with Crippen LogP contribution in [0.3, 0.4) is 0 Å². The second-order valence-corrected chi connectivity index (χ2v) is 4.78. The Bertz CT molecular complexity index is 674. The van der Waals surface area contributed by atoms with Gasteiger partial charge in [0, 0.05) is 27.9 Å². The lowest BCUT2D eigenvalue weighted by molar-refractivity contribution is 0.1000. The molecule has 0 heterocycles. The normalized spacial score (nSPS) is 10.2. The summed E-state index contributed by atoms with van der Waals surface area (Å²) in [5, 5.41) is 0.417. The van der Waals surface area contributed by atoms with Crippen LogP contribution in [0.15, 0.2) is 36.4 Å². The number of anilines is 1. The molecule has 0 aliphatic carbocycles. The summed E-state index contributed by atoms with van der Waals surface area (Å²) in [5.41, 5.74) is 12.5. The van der Waals surface area contributed by atoms with Gasteiger partial charge < -0.3 is 20.9 Å². The quantitative estimate of drug-likeness (QED) is 0.831. The molecule has 0 aromatic heterocycles. The Balaban J connectivity index is 2.15. The fourth-order valence-corrected chi connectivity index (χ4v) is 2.01. The van der Waals surface area contributed by atoms with Crippen LogP contribution in [-0.4, -0.2) is 13.0 Å². The van der Waals surface area contributed by atoms with E-state index in [2.05, 4.69) is 0 Å². The van der Waals surface area contributed by atoms with Crippen molar-refractivity contribution in [3.05, 3.63) is 52.5 Å². The molecule has 110 valence electrons. The summed E-state index contributed by atoms with van der Waals surface area (Å²) in [6.07, 6.45) is 0. The molecule has 1 amide bonds. The van der Waals surface area contributed by atoms with Crippen molar-refractivity contribution in [3.8, 4) is 11.5 Å². The van der Waals surface area contributed by atoms with E-state index in [0.717, 1.165) is 5.56 Å². The van der Waals surface area contributed by atoms with Crippen LogP contribution in [0.4, 0.5) is 5.69 Å². The van der Waals surface area contributed by atoms with Crippen molar-refractivity contribution in [3.63, 3.8) is 0 Å². The zero-order chi connectivity index (χ0) is 15.4. The number of ether oxygens (including phenoxy) is 2. The molecule has 0 fully saturated rings. The van der Waals surface area contributed by atoms with Crippen LogP contribution >= 0.6 is 11.6 Å². The van der Waals surface area contributed by atoms with Gasteiger partial charge in [-0.15, -0.1) is 0 Å². The van der Waals surface area contributed by atoms with Crippen molar-refractivity contribution < 1.29 is 14.3 Å². The molecule has 5 nitrogen and oxygen atoms in total. The van der Waals surface area contributed by atoms with Gasteiger partial charge in [-0.3, -0.25) is 4.79 Å². The zero-order valence-electron chi connectivity index (χ0n) is 11.4. The van der Waals surface area contributed by atoms with Gasteiger partial charge in [0.15, 0.2) is 11.5 Å². The van der Waals surface area contributed by atoms with Crippen molar-refractivity contribution in [1.82, 2.24) is 0 Å². The highest BCUT2D eigenvalue weighted by Crippen LogP contribution is 2.30. The smallest absolute Gasteiger partial charge is 0.248 e. The lowest BCUT2D eigenvalue weighted by atomic mass is 10.1. The Labute approximate surface area is 127 Å². The fourth-order valence-electron chi connectivity index (χ4n) is 1.78. The minimum absolute atomic E-state index is 0.234. The molecule has 0 aliphatic rings. The van der Waals surface area contributed by atoms with Gasteiger partial charge in [-0.2, -0.15) is 0 Å². The van der Waals surface area contributed by atoms with Crippen LogP contribution in [0.5, 0.6) is 11.5 Å². The Hall–Kier alpha value is -2.40. The molecule has 0 aliphatic heterocycles. The van der Waals surface area contributed by atoms with E-state index < -0.39 is 5.91 Å². The predicted octanol–water partition coefficient (Wildman–Crippen LogP) is 2.61. The molecule has 4 N–H and O–H groups in total. The first-order chi connectivity index (χ1) is 10.0. The summed E-state index contributed by atoms with van der Waals surface area (Å²) in [7, 11) is 1.54. The van der Waals surface area contributed by atoms with E-state index in [9.17, 15) is 4.79 Å². The van der Waals surface area contributed by atoms with E-state index in [-0.39, 0.29) is 6.61 Å². The van der Waals surface area contributed by atoms with Crippen LogP contribution in [-0.2, 0) is 6.61 Å². The van der Waals surface area contributed by atoms with E-state index in [4.69, 9.17) is 32.5 Å². The minimum Gasteiger partial charge on any atom is -0.493 e. The number of primary amides is 1. The third-order valence-electron chi connectivity index (χ3n) is 2.91. The Morgan fingerprint density at radius 3 is 2.57 bits per heavy atom. The monoisotopic (exact) mass is 306 g/mol. The van der Waals surface area contributed by atoms with E-state index in [0.29, 0.717) is 27.8 Å². The van der Waals surface area contributed by atoms with Gasteiger partial charge in [0.2, 0.25) is 5.91 Å². The SMILES string of the molecule is COc1cc(N)ccc1OCc1ccc(C(N)=O)cc1Cl. The molecule has 0 unspecified atom stereocenters. The van der Waals surface area contributed by atoms with Gasteiger partial charge in [-0.1, -0.05) is 17.7 Å². The molecule has 2 rings (SSSR count). The molecule has 2 aromatic rings. The van der Waals surface area contributed by atoms with Crippen molar-refractivity contribution in [2.24, 2.45) is 5.73 Å². The number of methoxy groups -OCH3 is 1. The lowest BCUT2D eigenvalue weighted by Crippen LogP contribution is -2.11. The number of amides is 1. The van der Waals surface area contributed by atoms with Gasteiger partial charge in [0.05, 0.1) is 7.11 Å². The van der Waals surface area contributed by atoms with Crippen LogP contribution in [0.25, 0.3) is 0 Å². The highest BCUT2D eigenvalue weighted by Gasteiger charge is 2.09. The number of hydrogen-bond donors (Lipinski definition) is 2. The summed E-state index contributed by atoms with van der Waals surface area (Å²) in [6.45, 7) is 0.234. The van der Waals surface area contributed by atoms with Crippen molar-refractivity contribution in [2.45, 2.75) is 6.61 Å². The van der Waals surface area contributed by atoms with Crippen molar-refractivity contribution in [2.75, 3.05) is 12.8 Å². The van der Waals surface area contributed by atoms with Crippen LogP contribution < -0.4 is 20.9 Å². The molecule has 21 heavy (non-hydrogen) atoms. The van der Waals surface area contributed by atoms with Crippen LogP contribution in [0.2, 0.25) is 5.02 Å². The fraction of sp³-hybridized carbons (Fsp3) is 0.133. The third-order valence-corrected chi connectivity index (χ3v) is 3.26. The lowest BCUT2D eigenvalue weighted by Gasteiger charge is -2.12. The maximum absolute atomic E-state index is 11.1. The van der Waals surface area contributed by atoms with Crippen molar-refractivity contribution >= 4 is 23.2 Å². The summed E-state index contributed by atoms with van der Waals surface area (Å²) >= 11 is 6.10. The standard InChI is InChI=1S/C15H15ClN2O3/c1-20-14-7-11(17)4-5-13(14)21-8-10-3-2-9(15(18)19)6-12(10)16/h2-7H,8,17H2,1H3,(H2,18,19). The molecule has 2 aromatic carbocycles. The predicted molar refractivity (Wildman–Crippen MR) is 81.7 cm³/mol. The number of nitrogens with two attached hydrogens (primary N) is 2. The summed E-state index contributed by atoms with van der Waals surface area (Å²) in [6, 6.07) is 9.94. The number of nitrogen functional groups attached to an aromatic ring is 1. The largest absolute Gasteiger partial charge is 0.493 e. The topological polar surface area (TPSA) is 87.6 Å². The first-order valence-electron chi connectivity index (χ1n) is 6.16. The average molecular weight is 307 g/mol. The average Bonchev–Trinajstić information content (AvgIpc) is 2.46. The van der Waals surface area contributed by atoms with E-state index in [1.165, 1.54) is 13.2 Å². The number of carbonyl (C=O) groups excluding carboxylic acids is 1. The summed E-state index contributed by atoms with van der Waals surface area (Å²) in [5.74, 6) is 0.575. The Morgan fingerprint density at radius 1 is 1.19 bits per heavy atom. The number of benzene rings is 2. The maximum Gasteiger partial charge on any atom is 0.248 e. The van der Waals surface area contributed by atoms with Gasteiger partial charge in [-0.05, 0) is 24.3 Å². The number of halogens is 1. The third kappa shape index (κ3) is 3.58. The maximum atomic E-state index is 11.1. The molecule has 0 spiro atoms. The molecule has 0 saturated carbocycles. The number of hydrogen-bond acceptors (Lipinski definition) is 4. The molecule has 0 radical (unpaired) electrons. The van der Waals surface area contributed by atoms with Crippen molar-refractivity contribution in [1.29, 1.82) is 0 Å². The molecular formula is C15H15ClN2O3. The van der Waals surface area contributed by atoms with Gasteiger partial charge in [0.25, 0.3) is 0 Å². The highest BCUT2D eigenvalue weighted by atomic mass is 35.5. The second-order valence-electron chi connectivity index (χ2n) is 4.37. The van der Waals surface area contributed by atoms with Crippen LogP contribution in [0, 0.1) is 0 Å². The van der Waals surface area contributed by atoms with E-state index in [1.807, 2.05) is 0 Å².